The molecule has 2 heterocycles. The number of hydrogen-bond acceptors (Lipinski definition) is 5. The molecule has 0 spiro atoms. The summed E-state index contributed by atoms with van der Waals surface area (Å²) in [7, 11) is 1.67. The van der Waals surface area contributed by atoms with Crippen LogP contribution in [0, 0.1) is 11.8 Å². The van der Waals surface area contributed by atoms with Crippen LogP contribution in [0.3, 0.4) is 0 Å². The van der Waals surface area contributed by atoms with Crippen LogP contribution in [0.1, 0.15) is 31.2 Å². The number of aliphatic hydroxyl groups is 1. The number of rotatable bonds is 8. The van der Waals surface area contributed by atoms with Crippen molar-refractivity contribution < 1.29 is 14.6 Å². The number of hydrogen-bond donors (Lipinski definition) is 1. The highest BCUT2D eigenvalue weighted by Gasteiger charge is 2.35. The van der Waals surface area contributed by atoms with Crippen molar-refractivity contribution in [2.24, 2.45) is 11.8 Å². The molecule has 3 atom stereocenters. The smallest absolute Gasteiger partial charge is 0.161 e. The first-order valence-corrected chi connectivity index (χ1v) is 10.8. The van der Waals surface area contributed by atoms with E-state index < -0.39 is 6.10 Å². The average Bonchev–Trinajstić information content (AvgIpc) is 3.29. The van der Waals surface area contributed by atoms with Crippen LogP contribution in [0.2, 0.25) is 0 Å². The number of aliphatic hydroxyl groups excluding tert-OH is 1. The van der Waals surface area contributed by atoms with Crippen molar-refractivity contribution in [3.8, 4) is 11.5 Å². The highest BCUT2D eigenvalue weighted by atomic mass is 16.5. The first-order valence-electron chi connectivity index (χ1n) is 10.8. The predicted molar refractivity (Wildman–Crippen MR) is 111 cm³/mol. The number of β-amino-alcohol motifs (C(OH)–C–C–N with tert-alkyl or cyclic N) is 1. The van der Waals surface area contributed by atoms with Crippen molar-refractivity contribution in [3.05, 3.63) is 35.9 Å². The third kappa shape index (κ3) is 4.88. The summed E-state index contributed by atoms with van der Waals surface area (Å²) in [5.41, 5.74) is 1.26. The van der Waals surface area contributed by atoms with Crippen LogP contribution in [0.15, 0.2) is 30.4 Å². The standard InChI is InChI=1S/C23H34N2O3/c1-27-22-9-8-18(13-25-14-19-6-5-7-20(19)15-25)12-23(22)28-17-21(26)16-24-10-3-2-4-11-24/h2-3,8-9,12,19-21,26H,4-7,10-11,13-17H2,1H3/t19-,20+,21?. The summed E-state index contributed by atoms with van der Waals surface area (Å²) in [6, 6.07) is 6.21. The molecule has 2 fully saturated rings. The molecular weight excluding hydrogens is 352 g/mol. The SMILES string of the molecule is COc1ccc(CN2C[C@H]3CCC[C@H]3C2)cc1OCC(O)CN1CC=CCC1. The van der Waals surface area contributed by atoms with Gasteiger partial charge < -0.3 is 14.6 Å². The van der Waals surface area contributed by atoms with E-state index in [0.29, 0.717) is 6.54 Å². The number of likely N-dealkylation sites (tertiary alicyclic amines) is 1. The van der Waals surface area contributed by atoms with Gasteiger partial charge in [0.1, 0.15) is 12.7 Å². The molecule has 2 aliphatic heterocycles. The van der Waals surface area contributed by atoms with Gasteiger partial charge in [-0.2, -0.15) is 0 Å². The summed E-state index contributed by atoms with van der Waals surface area (Å²) in [6.07, 6.45) is 9.14. The van der Waals surface area contributed by atoms with Crippen molar-refractivity contribution in [2.45, 2.75) is 38.3 Å². The number of benzene rings is 1. The molecule has 154 valence electrons. The van der Waals surface area contributed by atoms with Crippen molar-refractivity contribution in [1.82, 2.24) is 9.80 Å². The minimum Gasteiger partial charge on any atom is -0.493 e. The molecule has 0 amide bonds. The van der Waals surface area contributed by atoms with E-state index in [-0.39, 0.29) is 6.61 Å². The Kier molecular flexibility index (Phi) is 6.55. The van der Waals surface area contributed by atoms with Crippen LogP contribution in [0.25, 0.3) is 0 Å². The van der Waals surface area contributed by atoms with Gasteiger partial charge >= 0.3 is 0 Å². The van der Waals surface area contributed by atoms with Gasteiger partial charge in [-0.25, -0.2) is 0 Å². The quantitative estimate of drug-likeness (QED) is 0.696. The maximum Gasteiger partial charge on any atom is 0.161 e. The van der Waals surface area contributed by atoms with E-state index in [2.05, 4.69) is 34.1 Å². The fourth-order valence-electron chi connectivity index (χ4n) is 5.04. The van der Waals surface area contributed by atoms with E-state index >= 15 is 0 Å². The second-order valence-corrected chi connectivity index (χ2v) is 8.61. The fraction of sp³-hybridized carbons (Fsp3) is 0.652. The first-order chi connectivity index (χ1) is 13.7. The Hall–Kier alpha value is -1.56. The van der Waals surface area contributed by atoms with Gasteiger partial charge in [0.25, 0.3) is 0 Å². The molecule has 1 saturated carbocycles. The summed E-state index contributed by atoms with van der Waals surface area (Å²) in [5.74, 6) is 3.29. The first kappa shape index (κ1) is 19.7. The molecule has 1 saturated heterocycles. The molecule has 1 aromatic rings. The molecule has 0 radical (unpaired) electrons. The summed E-state index contributed by atoms with van der Waals surface area (Å²) in [6.45, 7) is 6.27. The topological polar surface area (TPSA) is 45.2 Å². The maximum atomic E-state index is 10.4. The van der Waals surface area contributed by atoms with Crippen LogP contribution in [0.5, 0.6) is 11.5 Å². The third-order valence-corrected chi connectivity index (χ3v) is 6.48. The lowest BCUT2D eigenvalue weighted by molar-refractivity contribution is 0.0702. The van der Waals surface area contributed by atoms with Gasteiger partial charge in [-0.15, -0.1) is 0 Å². The Morgan fingerprint density at radius 3 is 2.64 bits per heavy atom. The molecule has 5 heteroatoms. The molecule has 0 aromatic heterocycles. The highest BCUT2D eigenvalue weighted by molar-refractivity contribution is 5.43. The molecule has 3 aliphatic rings. The summed E-state index contributed by atoms with van der Waals surface area (Å²) in [5, 5.41) is 10.4. The Morgan fingerprint density at radius 1 is 1.11 bits per heavy atom. The average molecular weight is 387 g/mol. The Morgan fingerprint density at radius 2 is 1.93 bits per heavy atom. The second-order valence-electron chi connectivity index (χ2n) is 8.61. The highest BCUT2D eigenvalue weighted by Crippen LogP contribution is 2.38. The van der Waals surface area contributed by atoms with Crippen LogP contribution in [-0.2, 0) is 6.54 Å². The van der Waals surface area contributed by atoms with Crippen LogP contribution in [-0.4, -0.2) is 67.5 Å². The third-order valence-electron chi connectivity index (χ3n) is 6.48. The fourth-order valence-corrected chi connectivity index (χ4v) is 5.04. The van der Waals surface area contributed by atoms with Crippen molar-refractivity contribution in [2.75, 3.05) is 46.4 Å². The zero-order valence-corrected chi connectivity index (χ0v) is 17.1. The zero-order valence-electron chi connectivity index (χ0n) is 17.1. The van der Waals surface area contributed by atoms with E-state index in [1.54, 1.807) is 7.11 Å². The molecule has 0 bridgehead atoms. The van der Waals surface area contributed by atoms with Crippen molar-refractivity contribution in [3.63, 3.8) is 0 Å². The van der Waals surface area contributed by atoms with Gasteiger partial charge in [0, 0.05) is 39.3 Å². The minimum absolute atomic E-state index is 0.286. The van der Waals surface area contributed by atoms with E-state index in [1.807, 2.05) is 6.07 Å². The molecule has 1 aliphatic carbocycles. The lowest BCUT2D eigenvalue weighted by atomic mass is 10.0. The lowest BCUT2D eigenvalue weighted by Crippen LogP contribution is -2.37. The molecule has 1 aromatic carbocycles. The Bertz CT molecular complexity index is 666. The monoisotopic (exact) mass is 386 g/mol. The van der Waals surface area contributed by atoms with Crippen molar-refractivity contribution in [1.29, 1.82) is 0 Å². The van der Waals surface area contributed by atoms with E-state index in [1.165, 1.54) is 37.9 Å². The van der Waals surface area contributed by atoms with Crippen molar-refractivity contribution >= 4 is 0 Å². The van der Waals surface area contributed by atoms with Gasteiger partial charge in [-0.1, -0.05) is 24.6 Å². The van der Waals surface area contributed by atoms with E-state index in [4.69, 9.17) is 9.47 Å². The Balaban J connectivity index is 1.32. The van der Waals surface area contributed by atoms with Gasteiger partial charge in [0.05, 0.1) is 7.11 Å². The summed E-state index contributed by atoms with van der Waals surface area (Å²) in [4.78, 5) is 4.84. The number of methoxy groups -OCH3 is 1. The lowest BCUT2D eigenvalue weighted by Gasteiger charge is -2.25. The van der Waals surface area contributed by atoms with Crippen LogP contribution in [0.4, 0.5) is 0 Å². The molecule has 1 unspecified atom stereocenters. The van der Waals surface area contributed by atoms with Gasteiger partial charge in [-0.3, -0.25) is 9.80 Å². The molecular formula is C23H34N2O3. The number of nitrogens with zero attached hydrogens (tertiary/aromatic N) is 2. The maximum absolute atomic E-state index is 10.4. The predicted octanol–water partition coefficient (Wildman–Crippen LogP) is 2.93. The van der Waals surface area contributed by atoms with Crippen LogP contribution >= 0.6 is 0 Å². The van der Waals surface area contributed by atoms with Crippen LogP contribution < -0.4 is 9.47 Å². The second kappa shape index (κ2) is 9.29. The Labute approximate surface area is 168 Å². The molecule has 4 rings (SSSR count). The van der Waals surface area contributed by atoms with Gasteiger partial charge in [0.2, 0.25) is 0 Å². The zero-order chi connectivity index (χ0) is 19.3. The van der Waals surface area contributed by atoms with E-state index in [0.717, 1.165) is 49.4 Å². The molecule has 5 nitrogen and oxygen atoms in total. The van der Waals surface area contributed by atoms with Gasteiger partial charge in [0.15, 0.2) is 11.5 Å². The largest absolute Gasteiger partial charge is 0.493 e. The number of fused-ring (bicyclic) bond motifs is 1. The molecule has 28 heavy (non-hydrogen) atoms. The van der Waals surface area contributed by atoms with E-state index in [9.17, 15) is 5.11 Å². The minimum atomic E-state index is -0.502. The summed E-state index contributed by atoms with van der Waals surface area (Å²) >= 11 is 0. The molecule has 1 N–H and O–H groups in total. The number of ether oxygens (including phenoxy) is 2. The van der Waals surface area contributed by atoms with Gasteiger partial charge in [-0.05, 0) is 48.8 Å². The summed E-state index contributed by atoms with van der Waals surface area (Å²) < 4.78 is 11.4. The normalized spacial score (nSPS) is 26.4.